The SMILES string of the molecule is CC(C)c1cccc(C(C)C)c1N1CCN(c2c(C(C)C)cccc2C(C)C)[C]1=[Co]. The van der Waals surface area contributed by atoms with Crippen LogP contribution in [0.15, 0.2) is 36.4 Å². The molecule has 0 aliphatic carbocycles. The molecule has 2 aromatic rings. The molecule has 0 bridgehead atoms. The van der Waals surface area contributed by atoms with Gasteiger partial charge in [0.05, 0.1) is 0 Å². The van der Waals surface area contributed by atoms with E-state index in [0.29, 0.717) is 23.7 Å². The zero-order chi connectivity index (χ0) is 22.2. The van der Waals surface area contributed by atoms with Gasteiger partial charge in [-0.3, -0.25) is 0 Å². The van der Waals surface area contributed by atoms with Gasteiger partial charge in [-0.25, -0.2) is 0 Å². The molecule has 1 aliphatic rings. The van der Waals surface area contributed by atoms with Crippen molar-refractivity contribution in [1.82, 2.24) is 0 Å². The Kier molecular flexibility index (Phi) is 7.14. The van der Waals surface area contributed by atoms with E-state index in [1.54, 1.807) is 0 Å². The van der Waals surface area contributed by atoms with Crippen molar-refractivity contribution in [2.75, 3.05) is 22.9 Å². The van der Waals surface area contributed by atoms with Crippen molar-refractivity contribution in [2.45, 2.75) is 79.1 Å². The summed E-state index contributed by atoms with van der Waals surface area (Å²) in [5.41, 5.74) is 8.37. The van der Waals surface area contributed by atoms with E-state index in [9.17, 15) is 0 Å². The minimum atomic E-state index is 0.474. The Balaban J connectivity index is 2.12. The molecule has 2 aromatic carbocycles. The summed E-state index contributed by atoms with van der Waals surface area (Å²) < 4.78 is 1.05. The van der Waals surface area contributed by atoms with Gasteiger partial charge in [-0.2, -0.15) is 0 Å². The number of nitrogens with zero attached hydrogens (tertiary/aromatic N) is 2. The second-order valence-electron chi connectivity index (χ2n) is 9.74. The third-order valence-electron chi connectivity index (χ3n) is 6.19. The van der Waals surface area contributed by atoms with Crippen molar-refractivity contribution in [3.05, 3.63) is 58.7 Å². The van der Waals surface area contributed by atoms with Crippen LogP contribution in [0.5, 0.6) is 0 Å². The molecule has 3 rings (SSSR count). The summed E-state index contributed by atoms with van der Waals surface area (Å²) >= 11 is 5.20. The zero-order valence-electron chi connectivity index (χ0n) is 19.9. The first-order valence-electron chi connectivity index (χ1n) is 11.5. The first kappa shape index (κ1) is 23.1. The molecule has 3 heteroatoms. The van der Waals surface area contributed by atoms with Gasteiger partial charge in [0.1, 0.15) is 0 Å². The van der Waals surface area contributed by atoms with Crippen molar-refractivity contribution >= 4 is 16.1 Å². The molecule has 0 amide bonds. The number of anilines is 2. The van der Waals surface area contributed by atoms with Crippen molar-refractivity contribution < 1.29 is 15.3 Å². The number of para-hydroxylation sites is 2. The van der Waals surface area contributed by atoms with Gasteiger partial charge in [0.25, 0.3) is 0 Å². The fourth-order valence-corrected chi connectivity index (χ4v) is 5.03. The van der Waals surface area contributed by atoms with Gasteiger partial charge in [0, 0.05) is 0 Å². The van der Waals surface area contributed by atoms with Crippen LogP contribution in [0.2, 0.25) is 0 Å². The Labute approximate surface area is 191 Å². The van der Waals surface area contributed by atoms with E-state index in [0.717, 1.165) is 17.8 Å². The van der Waals surface area contributed by atoms with Crippen molar-refractivity contribution in [2.24, 2.45) is 0 Å². The summed E-state index contributed by atoms with van der Waals surface area (Å²) in [4.78, 5) is 4.90. The Morgan fingerprint density at radius 3 is 1.07 bits per heavy atom. The van der Waals surface area contributed by atoms with E-state index < -0.39 is 0 Å². The molecule has 0 saturated carbocycles. The van der Waals surface area contributed by atoms with E-state index in [1.165, 1.54) is 33.6 Å². The monoisotopic (exact) mass is 449 g/mol. The molecule has 2 nitrogen and oxygen atoms in total. The van der Waals surface area contributed by atoms with Crippen LogP contribution in [0.1, 0.15) is 101 Å². The van der Waals surface area contributed by atoms with Gasteiger partial charge in [-0.1, -0.05) is 0 Å². The van der Waals surface area contributed by atoms with E-state index in [2.05, 4.69) is 102 Å². The topological polar surface area (TPSA) is 6.48 Å². The fraction of sp³-hybridized carbons (Fsp3) is 0.519. The van der Waals surface area contributed by atoms with Crippen LogP contribution in [0, 0.1) is 0 Å². The molecule has 30 heavy (non-hydrogen) atoms. The Bertz CT molecular complexity index is 785. The second-order valence-corrected chi connectivity index (χ2v) is 10.2. The molecule has 0 aromatic heterocycles. The van der Waals surface area contributed by atoms with Gasteiger partial charge in [0.15, 0.2) is 0 Å². The Morgan fingerprint density at radius 2 is 0.833 bits per heavy atom. The van der Waals surface area contributed by atoms with Crippen LogP contribution in [0.4, 0.5) is 11.4 Å². The van der Waals surface area contributed by atoms with Gasteiger partial charge < -0.3 is 0 Å². The molecule has 1 aliphatic heterocycles. The predicted octanol–water partition coefficient (Wildman–Crippen LogP) is 7.14. The quantitative estimate of drug-likeness (QED) is 0.462. The van der Waals surface area contributed by atoms with Gasteiger partial charge in [-0.15, -0.1) is 0 Å². The summed E-state index contributed by atoms with van der Waals surface area (Å²) in [7, 11) is 0. The second kappa shape index (κ2) is 9.28. The van der Waals surface area contributed by atoms with Gasteiger partial charge in [0.2, 0.25) is 0 Å². The first-order valence-corrected chi connectivity index (χ1v) is 12.0. The number of rotatable bonds is 6. The zero-order valence-corrected chi connectivity index (χ0v) is 21.0. The average molecular weight is 450 g/mol. The number of hydrogen-bond donors (Lipinski definition) is 0. The Hall–Kier alpha value is -1.58. The fourth-order valence-electron chi connectivity index (χ4n) is 4.57. The molecule has 0 atom stereocenters. The minimum absolute atomic E-state index is 0.474. The molecule has 1 heterocycles. The summed E-state index contributed by atoms with van der Waals surface area (Å²) in [6.07, 6.45) is 0. The molecule has 0 spiro atoms. The molecule has 0 radical (unpaired) electrons. The maximum absolute atomic E-state index is 5.20. The molecular weight excluding hydrogens is 411 g/mol. The van der Waals surface area contributed by atoms with Crippen LogP contribution in [-0.2, 0) is 15.3 Å². The van der Waals surface area contributed by atoms with E-state index >= 15 is 0 Å². The standard InChI is InChI=1S/C27H38N2.Co/c1-18(2)22-11-9-12-23(19(3)4)26(22)28-15-16-29(17-28)27-24(20(5)6)13-10-14-25(27)21(7)8;/h9-14,18-21H,15-16H2,1-8H3;. The van der Waals surface area contributed by atoms with E-state index in [-0.39, 0.29) is 0 Å². The van der Waals surface area contributed by atoms with Crippen molar-refractivity contribution in [3.8, 4) is 0 Å². The molecule has 1 fully saturated rings. The average Bonchev–Trinajstić information content (AvgIpc) is 3.07. The maximum atomic E-state index is 5.20. The van der Waals surface area contributed by atoms with E-state index in [4.69, 9.17) is 15.3 Å². The number of benzene rings is 2. The van der Waals surface area contributed by atoms with Crippen LogP contribution >= 0.6 is 0 Å². The van der Waals surface area contributed by atoms with Gasteiger partial charge >= 0.3 is 192 Å². The third-order valence-corrected chi connectivity index (χ3v) is 6.76. The van der Waals surface area contributed by atoms with Crippen LogP contribution < -0.4 is 9.80 Å². The van der Waals surface area contributed by atoms with Crippen molar-refractivity contribution in [3.63, 3.8) is 0 Å². The molecular formula is C27H38CoN2. The normalized spacial score (nSPS) is 14.9. The first-order chi connectivity index (χ1) is 14.1. The predicted molar refractivity (Wildman–Crippen MR) is 129 cm³/mol. The van der Waals surface area contributed by atoms with Crippen LogP contribution in [0.3, 0.4) is 0 Å². The summed E-state index contributed by atoms with van der Waals surface area (Å²) in [6.45, 7) is 20.3. The van der Waals surface area contributed by atoms with Crippen LogP contribution in [0.25, 0.3) is 0 Å². The van der Waals surface area contributed by atoms with Crippen LogP contribution in [-0.4, -0.2) is 17.8 Å². The third kappa shape index (κ3) is 4.24. The molecule has 165 valence electrons. The van der Waals surface area contributed by atoms with E-state index in [1.807, 2.05) is 0 Å². The molecule has 0 N–H and O–H groups in total. The summed E-state index contributed by atoms with van der Waals surface area (Å²) in [5, 5.41) is 0. The molecule has 0 unspecified atom stereocenters. The molecule has 1 saturated heterocycles. The summed E-state index contributed by atoms with van der Waals surface area (Å²) in [5.74, 6) is 1.90. The van der Waals surface area contributed by atoms with Gasteiger partial charge in [-0.05, 0) is 0 Å². The Morgan fingerprint density at radius 1 is 0.567 bits per heavy atom. The summed E-state index contributed by atoms with van der Waals surface area (Å²) in [6, 6.07) is 13.6. The van der Waals surface area contributed by atoms with Crippen molar-refractivity contribution in [1.29, 1.82) is 0 Å². The number of hydrogen-bond acceptors (Lipinski definition) is 2.